The van der Waals surface area contributed by atoms with Crippen LogP contribution in [-0.4, -0.2) is 22.9 Å². The van der Waals surface area contributed by atoms with E-state index in [1.807, 2.05) is 18.2 Å². The van der Waals surface area contributed by atoms with E-state index in [0.717, 1.165) is 17.3 Å². The van der Waals surface area contributed by atoms with Crippen LogP contribution in [0.5, 0.6) is 0 Å². The molecule has 0 saturated carbocycles. The van der Waals surface area contributed by atoms with Crippen LogP contribution in [0.3, 0.4) is 0 Å². The Hall–Kier alpha value is -1.59. The third kappa shape index (κ3) is 2.00. The Balaban J connectivity index is 2.47. The lowest BCUT2D eigenvalue weighted by Gasteiger charge is -2.05. The van der Waals surface area contributed by atoms with Crippen molar-refractivity contribution >= 4 is 28.5 Å². The highest BCUT2D eigenvalue weighted by Gasteiger charge is 2.28. The van der Waals surface area contributed by atoms with Crippen LogP contribution in [0.1, 0.15) is 5.56 Å². The first-order valence-corrected chi connectivity index (χ1v) is 5.46. The molecule has 1 aromatic carbocycles. The van der Waals surface area contributed by atoms with Crippen LogP contribution in [0.2, 0.25) is 0 Å². The largest absolute Gasteiger partial charge is 0.392 e. The van der Waals surface area contributed by atoms with E-state index >= 15 is 0 Å². The van der Waals surface area contributed by atoms with E-state index in [4.69, 9.17) is 0 Å². The van der Waals surface area contributed by atoms with Gasteiger partial charge in [-0.3, -0.25) is 14.9 Å². The molecule has 0 atom stereocenters. The first-order chi connectivity index (χ1) is 7.72. The Morgan fingerprint density at radius 3 is 2.44 bits per heavy atom. The maximum atomic E-state index is 11.4. The number of benzene rings is 1. The first-order valence-electron chi connectivity index (χ1n) is 4.65. The van der Waals surface area contributed by atoms with Gasteiger partial charge in [0, 0.05) is 5.57 Å². The van der Waals surface area contributed by atoms with Crippen LogP contribution in [0.4, 0.5) is 4.79 Å². The van der Waals surface area contributed by atoms with Gasteiger partial charge in [0.1, 0.15) is 0 Å². The van der Waals surface area contributed by atoms with E-state index in [1.54, 1.807) is 12.1 Å². The summed E-state index contributed by atoms with van der Waals surface area (Å²) in [5.74, 6) is -0.442. The van der Waals surface area contributed by atoms with Gasteiger partial charge in [-0.1, -0.05) is 30.3 Å². The van der Waals surface area contributed by atoms with E-state index in [-0.39, 0.29) is 11.5 Å². The summed E-state index contributed by atoms with van der Waals surface area (Å²) in [6.07, 6.45) is 0. The summed E-state index contributed by atoms with van der Waals surface area (Å²) in [4.78, 5) is 22.7. The third-order valence-electron chi connectivity index (χ3n) is 2.17. The molecule has 2 N–H and O–H groups in total. The van der Waals surface area contributed by atoms with Crippen molar-refractivity contribution < 1.29 is 14.7 Å². The number of amides is 2. The lowest BCUT2D eigenvalue weighted by atomic mass is 10.1. The van der Waals surface area contributed by atoms with Gasteiger partial charge >= 0.3 is 0 Å². The zero-order valence-electron chi connectivity index (χ0n) is 8.27. The molecule has 82 valence electrons. The fourth-order valence-corrected chi connectivity index (χ4v) is 2.22. The minimum absolute atomic E-state index is 0.271. The summed E-state index contributed by atoms with van der Waals surface area (Å²) in [6, 6.07) is 9.04. The van der Waals surface area contributed by atoms with E-state index in [1.165, 1.54) is 0 Å². The van der Waals surface area contributed by atoms with Crippen molar-refractivity contribution in [1.82, 2.24) is 5.32 Å². The summed E-state index contributed by atoms with van der Waals surface area (Å²) < 4.78 is 0. The normalized spacial score (nSPS) is 18.6. The van der Waals surface area contributed by atoms with Crippen molar-refractivity contribution in [2.45, 2.75) is 0 Å². The quantitative estimate of drug-likeness (QED) is 0.760. The van der Waals surface area contributed by atoms with Crippen molar-refractivity contribution in [1.29, 1.82) is 0 Å². The lowest BCUT2D eigenvalue weighted by molar-refractivity contribution is -0.115. The van der Waals surface area contributed by atoms with E-state index in [9.17, 15) is 14.7 Å². The number of thioether (sulfide) groups is 1. The number of carbonyl (C=O) groups is 2. The number of carbonyl (C=O) groups excluding carboxylic acids is 2. The van der Waals surface area contributed by atoms with Crippen LogP contribution in [0.15, 0.2) is 35.2 Å². The highest BCUT2D eigenvalue weighted by Crippen LogP contribution is 2.31. The molecule has 0 unspecified atom stereocenters. The Morgan fingerprint density at radius 2 is 1.94 bits per heavy atom. The van der Waals surface area contributed by atoms with Crippen molar-refractivity contribution in [2.75, 3.05) is 6.61 Å². The van der Waals surface area contributed by atoms with Gasteiger partial charge in [0.2, 0.25) is 0 Å². The average molecular weight is 235 g/mol. The molecule has 0 aliphatic carbocycles. The van der Waals surface area contributed by atoms with Gasteiger partial charge in [-0.25, -0.2) is 0 Å². The molecule has 1 aliphatic rings. The zero-order chi connectivity index (χ0) is 11.5. The molecule has 0 bridgehead atoms. The number of imide groups is 1. The van der Waals surface area contributed by atoms with Crippen LogP contribution in [0, 0.1) is 0 Å². The zero-order valence-corrected chi connectivity index (χ0v) is 9.08. The van der Waals surface area contributed by atoms with Gasteiger partial charge in [-0.2, -0.15) is 0 Å². The van der Waals surface area contributed by atoms with E-state index in [0.29, 0.717) is 5.57 Å². The number of aliphatic hydroxyl groups excluding tert-OH is 1. The molecule has 1 saturated heterocycles. The molecule has 1 fully saturated rings. The third-order valence-corrected chi connectivity index (χ3v) is 3.09. The number of aliphatic hydroxyl groups is 1. The summed E-state index contributed by atoms with van der Waals surface area (Å²) in [7, 11) is 0. The minimum atomic E-state index is -0.442. The summed E-state index contributed by atoms with van der Waals surface area (Å²) in [5, 5.41) is 11.0. The standard InChI is InChI=1S/C11H9NO3S/c13-6-8(7-4-2-1-3-5-7)9-10(14)12-11(15)16-9/h1-5,13H,6H2,(H,12,14,15)/b9-8-. The fraction of sp³-hybridized carbons (Fsp3) is 0.0909. The number of hydrogen-bond donors (Lipinski definition) is 2. The van der Waals surface area contributed by atoms with Gasteiger partial charge in [-0.15, -0.1) is 0 Å². The Labute approximate surface area is 96.4 Å². The van der Waals surface area contributed by atoms with Crippen molar-refractivity contribution in [3.63, 3.8) is 0 Å². The Kier molecular flexibility index (Phi) is 3.07. The summed E-state index contributed by atoms with van der Waals surface area (Å²) in [6.45, 7) is -0.271. The molecular formula is C11H9NO3S. The predicted molar refractivity (Wildman–Crippen MR) is 61.6 cm³/mol. The van der Waals surface area contributed by atoms with Gasteiger partial charge in [0.25, 0.3) is 11.1 Å². The second-order valence-corrected chi connectivity index (χ2v) is 4.16. The van der Waals surface area contributed by atoms with Crippen LogP contribution in [0.25, 0.3) is 5.57 Å². The number of hydrogen-bond acceptors (Lipinski definition) is 4. The average Bonchev–Trinajstić information content (AvgIpc) is 2.61. The van der Waals surface area contributed by atoms with Gasteiger partial charge in [0.15, 0.2) is 0 Å². The van der Waals surface area contributed by atoms with Crippen molar-refractivity contribution in [3.05, 3.63) is 40.8 Å². The first kappa shape index (κ1) is 10.9. The van der Waals surface area contributed by atoms with Gasteiger partial charge < -0.3 is 5.11 Å². The molecular weight excluding hydrogens is 226 g/mol. The number of nitrogens with one attached hydrogen (secondary N) is 1. The lowest BCUT2D eigenvalue weighted by Crippen LogP contribution is -2.18. The second-order valence-electron chi connectivity index (χ2n) is 3.18. The van der Waals surface area contributed by atoms with Crippen LogP contribution >= 0.6 is 11.8 Å². The molecule has 4 nitrogen and oxygen atoms in total. The van der Waals surface area contributed by atoms with Gasteiger partial charge in [0.05, 0.1) is 11.5 Å². The summed E-state index contributed by atoms with van der Waals surface area (Å²) in [5.41, 5.74) is 1.23. The smallest absolute Gasteiger partial charge is 0.290 e. The maximum absolute atomic E-state index is 11.4. The monoisotopic (exact) mass is 235 g/mol. The molecule has 1 heterocycles. The molecule has 2 amide bonds. The van der Waals surface area contributed by atoms with Crippen molar-refractivity contribution in [3.8, 4) is 0 Å². The SMILES string of the molecule is O=C1NC(=O)/C(=C(\CO)c2ccccc2)S1. The minimum Gasteiger partial charge on any atom is -0.392 e. The highest BCUT2D eigenvalue weighted by molar-refractivity contribution is 8.18. The highest BCUT2D eigenvalue weighted by atomic mass is 32.2. The fourth-order valence-electron chi connectivity index (χ4n) is 1.45. The maximum Gasteiger partial charge on any atom is 0.290 e. The molecule has 1 aromatic rings. The van der Waals surface area contributed by atoms with Crippen molar-refractivity contribution in [2.24, 2.45) is 0 Å². The van der Waals surface area contributed by atoms with Gasteiger partial charge in [-0.05, 0) is 17.3 Å². The Bertz CT molecular complexity index is 467. The van der Waals surface area contributed by atoms with E-state index in [2.05, 4.69) is 5.32 Å². The van der Waals surface area contributed by atoms with E-state index < -0.39 is 11.1 Å². The molecule has 0 radical (unpaired) electrons. The molecule has 16 heavy (non-hydrogen) atoms. The molecule has 0 aromatic heterocycles. The summed E-state index contributed by atoms with van der Waals surface area (Å²) >= 11 is 0.821. The van der Waals surface area contributed by atoms with Crippen LogP contribution in [-0.2, 0) is 4.79 Å². The van der Waals surface area contributed by atoms with Crippen LogP contribution < -0.4 is 5.32 Å². The second kappa shape index (κ2) is 4.51. The molecule has 0 spiro atoms. The Morgan fingerprint density at radius 1 is 1.25 bits per heavy atom. The topological polar surface area (TPSA) is 66.4 Å². The molecule has 2 rings (SSSR count). The molecule has 1 aliphatic heterocycles. The molecule has 5 heteroatoms. The number of rotatable bonds is 2. The predicted octanol–water partition coefficient (Wildman–Crippen LogP) is 1.37.